The fourth-order valence-electron chi connectivity index (χ4n) is 6.24. The molecule has 1 aliphatic heterocycles. The average molecular weight is 612 g/mol. The smallest absolute Gasteiger partial charge is 0.394 e. The zero-order valence-corrected chi connectivity index (χ0v) is 23.6. The lowest BCUT2D eigenvalue weighted by molar-refractivity contribution is -0.167. The summed E-state index contributed by atoms with van der Waals surface area (Å²) in [5, 5.41) is 15.5. The lowest BCUT2D eigenvalue weighted by atomic mass is 9.76. The minimum absolute atomic E-state index is 0.00254. The van der Waals surface area contributed by atoms with Crippen LogP contribution in [0.15, 0.2) is 29.5 Å². The van der Waals surface area contributed by atoms with Crippen molar-refractivity contribution in [2.45, 2.75) is 96.0 Å². The van der Waals surface area contributed by atoms with Crippen LogP contribution in [0.3, 0.4) is 0 Å². The number of rotatable bonds is 8. The van der Waals surface area contributed by atoms with E-state index in [9.17, 15) is 36.2 Å². The number of carbonyl (C=O) groups is 1. The van der Waals surface area contributed by atoms with Gasteiger partial charge in [0.05, 0.1) is 18.4 Å². The van der Waals surface area contributed by atoms with E-state index in [-0.39, 0.29) is 54.3 Å². The molecule has 1 aliphatic carbocycles. The largest absolute Gasteiger partial charge is 0.512 e. The van der Waals surface area contributed by atoms with Crippen LogP contribution in [0, 0.1) is 19.8 Å². The predicted molar refractivity (Wildman–Crippen MR) is 141 cm³/mol. The first-order chi connectivity index (χ1) is 20.1. The molecule has 3 aromatic rings. The zero-order valence-electron chi connectivity index (χ0n) is 23.6. The number of carbonyl (C=O) groups excluding carboxylic acids is 1. The Bertz CT molecular complexity index is 1520. The van der Waals surface area contributed by atoms with Gasteiger partial charge in [0.2, 0.25) is 0 Å². The Labute approximate surface area is 243 Å². The molecule has 0 radical (unpaired) electrons. The molecule has 4 heterocycles. The number of aromatic nitrogens is 5. The van der Waals surface area contributed by atoms with E-state index in [1.165, 1.54) is 4.52 Å². The number of halogens is 6. The highest BCUT2D eigenvalue weighted by Crippen LogP contribution is 2.46. The van der Waals surface area contributed by atoms with Crippen LogP contribution in [0.2, 0.25) is 0 Å². The molecule has 43 heavy (non-hydrogen) atoms. The number of hydrogen-bond acceptors (Lipinski definition) is 7. The second-order valence-corrected chi connectivity index (χ2v) is 11.5. The number of aliphatic hydroxyl groups is 1. The van der Waals surface area contributed by atoms with Gasteiger partial charge in [-0.25, -0.2) is 14.3 Å². The average Bonchev–Trinajstić information content (AvgIpc) is 3.54. The first-order valence-corrected chi connectivity index (χ1v) is 14.1. The molecule has 1 fully saturated rings. The number of pyridine rings is 1. The third kappa shape index (κ3) is 7.27. The monoisotopic (exact) mass is 611 g/mol. The Morgan fingerprint density at radius 2 is 1.60 bits per heavy atom. The van der Waals surface area contributed by atoms with Gasteiger partial charge in [-0.05, 0) is 69.2 Å². The van der Waals surface area contributed by atoms with Crippen LogP contribution in [-0.4, -0.2) is 53.6 Å². The molecule has 1 N–H and O–H groups in total. The summed E-state index contributed by atoms with van der Waals surface area (Å²) >= 11 is 0. The van der Waals surface area contributed by atoms with Gasteiger partial charge in [0.25, 0.3) is 5.78 Å². The summed E-state index contributed by atoms with van der Waals surface area (Å²) < 4.78 is 86.2. The number of aryl methyl sites for hydroxylation is 3. The van der Waals surface area contributed by atoms with Gasteiger partial charge in [0, 0.05) is 35.6 Å². The molecule has 5 rings (SSSR count). The van der Waals surface area contributed by atoms with Gasteiger partial charge in [0.1, 0.15) is 11.4 Å². The maximum atomic E-state index is 13.4. The molecule has 0 aromatic carbocycles. The van der Waals surface area contributed by atoms with Crippen LogP contribution in [0.25, 0.3) is 5.78 Å². The molecule has 1 saturated carbocycles. The first kappa shape index (κ1) is 30.7. The third-order valence-electron chi connectivity index (χ3n) is 8.04. The van der Waals surface area contributed by atoms with Crippen LogP contribution in [0.1, 0.15) is 72.7 Å². The highest BCUT2D eigenvalue weighted by molar-refractivity contribution is 5.90. The lowest BCUT2D eigenvalue weighted by Gasteiger charge is -2.41. The minimum atomic E-state index is -4.65. The highest BCUT2D eigenvalue weighted by atomic mass is 19.4. The second kappa shape index (κ2) is 11.4. The topological polar surface area (TPSA) is 102 Å². The van der Waals surface area contributed by atoms with Gasteiger partial charge in [-0.1, -0.05) is 12.8 Å². The van der Waals surface area contributed by atoms with Crippen LogP contribution < -0.4 is 0 Å². The van der Waals surface area contributed by atoms with Gasteiger partial charge < -0.3 is 9.84 Å². The van der Waals surface area contributed by atoms with Gasteiger partial charge in [0.15, 0.2) is 5.82 Å². The fraction of sp³-hybridized carbons (Fsp3) is 0.552. The number of nitrogens with zero attached hydrogens (tertiary/aromatic N) is 5. The van der Waals surface area contributed by atoms with Crippen molar-refractivity contribution in [3.05, 3.63) is 63.7 Å². The zero-order chi connectivity index (χ0) is 31.2. The third-order valence-corrected chi connectivity index (χ3v) is 8.04. The summed E-state index contributed by atoms with van der Waals surface area (Å²) in [4.78, 5) is 25.7. The van der Waals surface area contributed by atoms with Crippen molar-refractivity contribution >= 4 is 11.7 Å². The summed E-state index contributed by atoms with van der Waals surface area (Å²) in [6.45, 7) is 3.65. The Kier molecular flexibility index (Phi) is 8.16. The first-order valence-electron chi connectivity index (χ1n) is 14.1. The van der Waals surface area contributed by atoms with Crippen LogP contribution in [0.5, 0.6) is 0 Å². The Balaban J connectivity index is 1.41. The maximum absolute atomic E-state index is 13.4. The summed E-state index contributed by atoms with van der Waals surface area (Å²) in [5.74, 6) is -0.452. The molecule has 8 nitrogen and oxygen atoms in total. The molecule has 1 atom stereocenters. The second-order valence-electron chi connectivity index (χ2n) is 11.5. The van der Waals surface area contributed by atoms with Crippen LogP contribution in [0.4, 0.5) is 26.3 Å². The molecular weight excluding hydrogens is 580 g/mol. The van der Waals surface area contributed by atoms with Crippen molar-refractivity contribution in [3.8, 4) is 0 Å². The van der Waals surface area contributed by atoms with Gasteiger partial charge in [-0.15, -0.1) is 5.10 Å². The van der Waals surface area contributed by atoms with E-state index in [4.69, 9.17) is 4.74 Å². The molecule has 1 unspecified atom stereocenters. The summed E-state index contributed by atoms with van der Waals surface area (Å²) in [6.07, 6.45) is -9.05. The molecule has 14 heteroatoms. The molecule has 0 bridgehead atoms. The quantitative estimate of drug-likeness (QED) is 0.239. The highest BCUT2D eigenvalue weighted by Gasteiger charge is 2.48. The van der Waals surface area contributed by atoms with E-state index < -0.39 is 48.2 Å². The Morgan fingerprint density at radius 3 is 2.19 bits per heavy atom. The Morgan fingerprint density at radius 1 is 0.977 bits per heavy atom. The molecule has 0 spiro atoms. The van der Waals surface area contributed by atoms with Crippen LogP contribution in [-0.2, 0) is 35.2 Å². The molecule has 0 amide bonds. The minimum Gasteiger partial charge on any atom is -0.512 e. The van der Waals surface area contributed by atoms with Crippen molar-refractivity contribution in [2.24, 2.45) is 5.92 Å². The van der Waals surface area contributed by atoms with E-state index >= 15 is 0 Å². The SMILES string of the molecule is Cc1cc(C)n2nc(CC3=C(O)CC(CCc4cc(CC(F)(F)F)nc(CC(F)(F)F)c4)(C4CCCC4)OC3=O)nc2n1. The lowest BCUT2D eigenvalue weighted by Crippen LogP contribution is -2.46. The molecule has 3 aromatic heterocycles. The number of cyclic esters (lactones) is 1. The number of ether oxygens (including phenoxy) is 1. The summed E-state index contributed by atoms with van der Waals surface area (Å²) in [6, 6.07) is 4.12. The van der Waals surface area contributed by atoms with Crippen molar-refractivity contribution in [2.75, 3.05) is 0 Å². The number of esters is 1. The number of aliphatic hydroxyl groups excluding tert-OH is 1. The van der Waals surface area contributed by atoms with Crippen molar-refractivity contribution in [1.29, 1.82) is 0 Å². The fourth-order valence-corrected chi connectivity index (χ4v) is 6.24. The van der Waals surface area contributed by atoms with Crippen LogP contribution >= 0.6 is 0 Å². The van der Waals surface area contributed by atoms with Crippen molar-refractivity contribution in [3.63, 3.8) is 0 Å². The van der Waals surface area contributed by atoms with Gasteiger partial charge in [-0.2, -0.15) is 31.3 Å². The van der Waals surface area contributed by atoms with Crippen molar-refractivity contribution in [1.82, 2.24) is 24.6 Å². The molecule has 2 aliphatic rings. The molecule has 232 valence electrons. The van der Waals surface area contributed by atoms with E-state index in [0.717, 1.165) is 36.4 Å². The normalized spacial score (nSPS) is 20.3. The van der Waals surface area contributed by atoms with E-state index in [1.807, 2.05) is 19.9 Å². The maximum Gasteiger partial charge on any atom is 0.394 e. The summed E-state index contributed by atoms with van der Waals surface area (Å²) in [7, 11) is 0. The molecule has 0 saturated heterocycles. The number of fused-ring (bicyclic) bond motifs is 1. The van der Waals surface area contributed by atoms with Gasteiger partial charge >= 0.3 is 18.3 Å². The summed E-state index contributed by atoms with van der Waals surface area (Å²) in [5.41, 5.74) is -0.422. The predicted octanol–water partition coefficient (Wildman–Crippen LogP) is 6.21. The Hall–Kier alpha value is -3.71. The standard InChI is InChI=1S/C29H31F6N5O3/c1-16-9-17(2)40-26(36-16)38-24(39-40)12-22-23(41)15-27(43-25(22)42,19-5-3-4-6-19)8-7-18-10-20(13-28(30,31)32)37-21(11-18)14-29(33,34)35/h9-11,19,41H,3-8,12-15H2,1-2H3. The number of hydrogen-bond donors (Lipinski definition) is 1. The van der Waals surface area contributed by atoms with E-state index in [1.54, 1.807) is 0 Å². The number of alkyl halides is 6. The van der Waals surface area contributed by atoms with E-state index in [2.05, 4.69) is 20.1 Å². The van der Waals surface area contributed by atoms with E-state index in [0.29, 0.717) is 18.6 Å². The van der Waals surface area contributed by atoms with Gasteiger partial charge in [-0.3, -0.25) is 4.98 Å². The molecular formula is C29H31F6N5O3. The van der Waals surface area contributed by atoms with Crippen molar-refractivity contribution < 1.29 is 41.0 Å².